The second-order valence-electron chi connectivity index (χ2n) is 6.54. The number of ether oxygens (including phenoxy) is 2. The molecule has 0 radical (unpaired) electrons. The molecule has 0 spiro atoms. The highest BCUT2D eigenvalue weighted by Crippen LogP contribution is 2.36. The molecule has 126 valence electrons. The predicted octanol–water partition coefficient (Wildman–Crippen LogP) is 2.27. The highest BCUT2D eigenvalue weighted by atomic mass is 16.6. The van der Waals surface area contributed by atoms with Gasteiger partial charge >= 0.3 is 12.1 Å². The molecule has 1 aromatic heterocycles. The van der Waals surface area contributed by atoms with Crippen LogP contribution in [-0.4, -0.2) is 52.4 Å². The van der Waals surface area contributed by atoms with Gasteiger partial charge < -0.3 is 14.6 Å². The molecule has 0 saturated carbocycles. The average Bonchev–Trinajstić information content (AvgIpc) is 2.90. The zero-order valence-electron chi connectivity index (χ0n) is 13.8. The first-order valence-electron chi connectivity index (χ1n) is 7.43. The topological polar surface area (TPSA) is 89.0 Å². The van der Waals surface area contributed by atoms with Crippen molar-refractivity contribution in [3.63, 3.8) is 0 Å². The number of carboxylic acid groups (broad SMARTS) is 1. The maximum atomic E-state index is 12.3. The molecule has 1 aliphatic heterocycles. The summed E-state index contributed by atoms with van der Waals surface area (Å²) in [6.45, 7) is 5.50. The van der Waals surface area contributed by atoms with E-state index in [0.29, 0.717) is 12.2 Å². The lowest BCUT2D eigenvalue weighted by Crippen LogP contribution is -2.43. The smallest absolute Gasteiger partial charge is 0.411 e. The van der Waals surface area contributed by atoms with Gasteiger partial charge in [0.25, 0.3) is 0 Å². The van der Waals surface area contributed by atoms with Gasteiger partial charge in [0.1, 0.15) is 17.4 Å². The molecule has 0 aliphatic carbocycles. The minimum atomic E-state index is -1.04. The van der Waals surface area contributed by atoms with Crippen molar-refractivity contribution < 1.29 is 24.2 Å². The minimum Gasteiger partial charge on any atom is -0.496 e. The second kappa shape index (κ2) is 6.44. The minimum absolute atomic E-state index is 0.160. The molecule has 1 amide bonds. The first kappa shape index (κ1) is 17.1. The van der Waals surface area contributed by atoms with Crippen LogP contribution >= 0.6 is 0 Å². The van der Waals surface area contributed by atoms with Crippen LogP contribution in [-0.2, 0) is 9.53 Å². The molecule has 1 aromatic rings. The molecule has 7 nitrogen and oxygen atoms in total. The molecule has 1 aliphatic rings. The molecular formula is C16H22N2O5. The number of amides is 1. The third-order valence-electron chi connectivity index (χ3n) is 3.68. The number of nitrogens with zero attached hydrogens (tertiary/aromatic N) is 2. The van der Waals surface area contributed by atoms with Crippen LogP contribution < -0.4 is 4.74 Å². The number of carbonyl (C=O) groups is 2. The third-order valence-corrected chi connectivity index (χ3v) is 3.68. The van der Waals surface area contributed by atoms with Crippen molar-refractivity contribution in [2.75, 3.05) is 13.7 Å². The largest absolute Gasteiger partial charge is 0.496 e. The molecule has 1 N–H and O–H groups in total. The molecule has 1 unspecified atom stereocenters. The van der Waals surface area contributed by atoms with Gasteiger partial charge in [-0.2, -0.15) is 0 Å². The number of methoxy groups -OCH3 is 1. The molecule has 23 heavy (non-hydrogen) atoms. The van der Waals surface area contributed by atoms with E-state index in [0.717, 1.165) is 5.56 Å². The molecule has 0 bridgehead atoms. The Bertz CT molecular complexity index is 596. The molecule has 1 saturated heterocycles. The number of likely N-dealkylation sites (tertiary alicyclic amines) is 1. The van der Waals surface area contributed by atoms with Gasteiger partial charge in [0, 0.05) is 30.4 Å². The number of hydrogen-bond acceptors (Lipinski definition) is 5. The van der Waals surface area contributed by atoms with Gasteiger partial charge in [-0.25, -0.2) is 9.59 Å². The Morgan fingerprint density at radius 3 is 2.65 bits per heavy atom. The first-order valence-corrected chi connectivity index (χ1v) is 7.43. The Morgan fingerprint density at radius 1 is 1.39 bits per heavy atom. The predicted molar refractivity (Wildman–Crippen MR) is 82.5 cm³/mol. The van der Waals surface area contributed by atoms with E-state index in [1.165, 1.54) is 4.90 Å². The van der Waals surface area contributed by atoms with Crippen LogP contribution in [0.3, 0.4) is 0 Å². The van der Waals surface area contributed by atoms with Gasteiger partial charge in [-0.1, -0.05) is 0 Å². The number of aliphatic carboxylic acids is 1. The van der Waals surface area contributed by atoms with Gasteiger partial charge in [-0.3, -0.25) is 9.88 Å². The van der Waals surface area contributed by atoms with E-state index in [4.69, 9.17) is 9.47 Å². The maximum Gasteiger partial charge on any atom is 0.411 e. The lowest BCUT2D eigenvalue weighted by molar-refractivity contribution is -0.142. The molecule has 2 rings (SSSR count). The zero-order chi connectivity index (χ0) is 17.2. The fraction of sp³-hybridized carbons (Fsp3) is 0.562. The van der Waals surface area contributed by atoms with Gasteiger partial charge in [-0.15, -0.1) is 0 Å². The zero-order valence-corrected chi connectivity index (χ0v) is 13.8. The summed E-state index contributed by atoms with van der Waals surface area (Å²) in [6, 6.07) is 0.807. The first-order chi connectivity index (χ1) is 10.7. The lowest BCUT2D eigenvalue weighted by Gasteiger charge is -2.26. The van der Waals surface area contributed by atoms with Crippen LogP contribution in [0.5, 0.6) is 5.75 Å². The van der Waals surface area contributed by atoms with Crippen LogP contribution in [0.4, 0.5) is 4.79 Å². The molecule has 1 fully saturated rings. The van der Waals surface area contributed by atoms with E-state index in [9.17, 15) is 14.7 Å². The lowest BCUT2D eigenvalue weighted by atomic mass is 9.97. The molecule has 2 heterocycles. The molecule has 7 heteroatoms. The summed E-state index contributed by atoms with van der Waals surface area (Å²) in [5.74, 6) is -0.561. The third kappa shape index (κ3) is 3.91. The number of hydrogen-bond donors (Lipinski definition) is 1. The van der Waals surface area contributed by atoms with E-state index in [1.54, 1.807) is 46.3 Å². The average molecular weight is 322 g/mol. The fourth-order valence-electron chi connectivity index (χ4n) is 2.70. The molecule has 2 atom stereocenters. The monoisotopic (exact) mass is 322 g/mol. The number of carbonyl (C=O) groups excluding carboxylic acids is 1. The van der Waals surface area contributed by atoms with Crippen molar-refractivity contribution in [1.82, 2.24) is 9.88 Å². The summed E-state index contributed by atoms with van der Waals surface area (Å²) in [6.07, 6.45) is 2.95. The maximum absolute atomic E-state index is 12.3. The number of aromatic nitrogens is 1. The van der Waals surface area contributed by atoms with E-state index < -0.39 is 23.7 Å². The summed E-state index contributed by atoms with van der Waals surface area (Å²) in [4.78, 5) is 29.2. The Hall–Kier alpha value is -2.31. The number of carboxylic acids is 1. The Labute approximate surface area is 135 Å². The van der Waals surface area contributed by atoms with Crippen LogP contribution in [0.15, 0.2) is 18.5 Å². The number of pyridine rings is 1. The fourth-order valence-corrected chi connectivity index (χ4v) is 2.70. The van der Waals surface area contributed by atoms with Crippen molar-refractivity contribution in [3.05, 3.63) is 24.0 Å². The normalized spacial score (nSPS) is 21.1. The van der Waals surface area contributed by atoms with Gasteiger partial charge in [-0.05, 0) is 33.3 Å². The van der Waals surface area contributed by atoms with E-state index in [2.05, 4.69) is 4.98 Å². The Balaban J connectivity index is 2.24. The van der Waals surface area contributed by atoms with E-state index >= 15 is 0 Å². The summed E-state index contributed by atoms with van der Waals surface area (Å²) < 4.78 is 10.6. The van der Waals surface area contributed by atoms with E-state index in [-0.39, 0.29) is 12.5 Å². The van der Waals surface area contributed by atoms with Crippen LogP contribution in [0.2, 0.25) is 0 Å². The SMILES string of the molecule is COc1ccncc1C1C[C@H](C(=O)O)N(C(=O)OC(C)(C)C)C1. The summed E-state index contributed by atoms with van der Waals surface area (Å²) in [5.41, 5.74) is 0.122. The van der Waals surface area contributed by atoms with Crippen molar-refractivity contribution in [3.8, 4) is 5.75 Å². The highest BCUT2D eigenvalue weighted by Gasteiger charge is 2.42. The van der Waals surface area contributed by atoms with Gasteiger partial charge in [0.05, 0.1) is 7.11 Å². The Kier molecular flexibility index (Phi) is 4.77. The van der Waals surface area contributed by atoms with Crippen molar-refractivity contribution in [2.24, 2.45) is 0 Å². The van der Waals surface area contributed by atoms with Crippen LogP contribution in [0.1, 0.15) is 38.7 Å². The Morgan fingerprint density at radius 2 is 2.09 bits per heavy atom. The molecule has 0 aromatic carbocycles. The van der Waals surface area contributed by atoms with E-state index in [1.807, 2.05) is 0 Å². The van der Waals surface area contributed by atoms with Gasteiger partial charge in [0.2, 0.25) is 0 Å². The van der Waals surface area contributed by atoms with Gasteiger partial charge in [0.15, 0.2) is 0 Å². The van der Waals surface area contributed by atoms with Crippen LogP contribution in [0, 0.1) is 0 Å². The second-order valence-corrected chi connectivity index (χ2v) is 6.54. The summed E-state index contributed by atoms with van der Waals surface area (Å²) in [5, 5.41) is 9.43. The van der Waals surface area contributed by atoms with Crippen LogP contribution in [0.25, 0.3) is 0 Å². The standard InChI is InChI=1S/C16H22N2O5/c1-16(2,3)23-15(21)18-9-10(7-12(18)14(19)20)11-8-17-6-5-13(11)22-4/h5-6,8,10,12H,7,9H2,1-4H3,(H,19,20)/t10?,12-/m1/s1. The highest BCUT2D eigenvalue weighted by molar-refractivity contribution is 5.81. The number of rotatable bonds is 3. The summed E-state index contributed by atoms with van der Waals surface area (Å²) >= 11 is 0. The quantitative estimate of drug-likeness (QED) is 0.918. The van der Waals surface area contributed by atoms with Crippen molar-refractivity contribution in [2.45, 2.75) is 44.8 Å². The van der Waals surface area contributed by atoms with Crippen molar-refractivity contribution >= 4 is 12.1 Å². The summed E-state index contributed by atoms with van der Waals surface area (Å²) in [7, 11) is 1.55. The molecular weight excluding hydrogens is 300 g/mol. The van der Waals surface area contributed by atoms with Crippen molar-refractivity contribution in [1.29, 1.82) is 0 Å².